The van der Waals surface area contributed by atoms with E-state index in [1.807, 2.05) is 20.8 Å². The highest BCUT2D eigenvalue weighted by atomic mass is 16.6. The number of ether oxygens (including phenoxy) is 1. The fourth-order valence-electron chi connectivity index (χ4n) is 2.82. The first-order valence-corrected chi connectivity index (χ1v) is 8.85. The van der Waals surface area contributed by atoms with Crippen molar-refractivity contribution in [1.29, 1.82) is 0 Å². The molecule has 1 rings (SSSR count). The number of carbonyl (C=O) groups excluding carboxylic acids is 3. The summed E-state index contributed by atoms with van der Waals surface area (Å²) < 4.78 is 5.24. The lowest BCUT2D eigenvalue weighted by Crippen LogP contribution is -2.58. The number of nitrogens with one attached hydrogen (secondary N) is 2. The summed E-state index contributed by atoms with van der Waals surface area (Å²) in [7, 11) is 0. The molecular weight excluding hydrogens is 322 g/mol. The van der Waals surface area contributed by atoms with E-state index < -0.39 is 23.7 Å². The number of carbonyl (C=O) groups is 3. The lowest BCUT2D eigenvalue weighted by atomic mass is 9.83. The molecule has 0 radical (unpaired) electrons. The van der Waals surface area contributed by atoms with E-state index in [0.717, 1.165) is 0 Å². The van der Waals surface area contributed by atoms with Crippen LogP contribution < -0.4 is 10.6 Å². The first-order chi connectivity index (χ1) is 11.3. The van der Waals surface area contributed by atoms with Crippen LogP contribution in [0.15, 0.2) is 0 Å². The summed E-state index contributed by atoms with van der Waals surface area (Å²) in [5.74, 6) is -0.650. The van der Waals surface area contributed by atoms with Gasteiger partial charge in [0.05, 0.1) is 5.92 Å². The van der Waals surface area contributed by atoms with Crippen molar-refractivity contribution in [3.8, 4) is 0 Å². The summed E-state index contributed by atoms with van der Waals surface area (Å²) in [5.41, 5.74) is -0.676. The molecule has 2 unspecified atom stereocenters. The molecule has 144 valence electrons. The van der Waals surface area contributed by atoms with Crippen molar-refractivity contribution < 1.29 is 19.1 Å². The van der Waals surface area contributed by atoms with Crippen molar-refractivity contribution in [2.45, 2.75) is 66.5 Å². The maximum absolute atomic E-state index is 13.0. The van der Waals surface area contributed by atoms with Gasteiger partial charge in [-0.3, -0.25) is 9.59 Å². The van der Waals surface area contributed by atoms with Crippen LogP contribution in [0.5, 0.6) is 0 Å². The Morgan fingerprint density at radius 2 is 1.88 bits per heavy atom. The van der Waals surface area contributed by atoms with Gasteiger partial charge < -0.3 is 20.3 Å². The third kappa shape index (κ3) is 7.32. The van der Waals surface area contributed by atoms with Gasteiger partial charge in [0.15, 0.2) is 0 Å². The molecule has 0 bridgehead atoms. The van der Waals surface area contributed by atoms with E-state index in [2.05, 4.69) is 10.6 Å². The minimum absolute atomic E-state index is 0.0861. The van der Waals surface area contributed by atoms with E-state index in [1.165, 1.54) is 0 Å². The number of piperazine rings is 1. The van der Waals surface area contributed by atoms with E-state index in [0.29, 0.717) is 19.5 Å². The van der Waals surface area contributed by atoms with Gasteiger partial charge in [-0.2, -0.15) is 0 Å². The molecule has 2 atom stereocenters. The maximum Gasteiger partial charge on any atom is 0.407 e. The minimum Gasteiger partial charge on any atom is -0.444 e. The quantitative estimate of drug-likeness (QED) is 0.806. The van der Waals surface area contributed by atoms with Crippen LogP contribution in [0.4, 0.5) is 4.79 Å². The van der Waals surface area contributed by atoms with Crippen molar-refractivity contribution in [1.82, 2.24) is 15.5 Å². The first-order valence-electron chi connectivity index (χ1n) is 8.85. The molecule has 1 heterocycles. The molecular formula is C18H33N3O4. The first kappa shape index (κ1) is 21.3. The van der Waals surface area contributed by atoms with Gasteiger partial charge in [-0.25, -0.2) is 4.79 Å². The normalized spacial score (nSPS) is 19.9. The zero-order chi connectivity index (χ0) is 19.4. The fourth-order valence-corrected chi connectivity index (χ4v) is 2.82. The topological polar surface area (TPSA) is 87.7 Å². The van der Waals surface area contributed by atoms with Crippen molar-refractivity contribution in [3.05, 3.63) is 0 Å². The maximum atomic E-state index is 13.0. The van der Waals surface area contributed by atoms with Crippen molar-refractivity contribution >= 4 is 17.9 Å². The van der Waals surface area contributed by atoms with Crippen molar-refractivity contribution in [2.75, 3.05) is 19.6 Å². The Morgan fingerprint density at radius 3 is 2.40 bits per heavy atom. The number of rotatable bonds is 4. The Hall–Kier alpha value is -1.79. The molecule has 2 N–H and O–H groups in total. The minimum atomic E-state index is -0.590. The fraction of sp³-hybridized carbons (Fsp3) is 0.833. The summed E-state index contributed by atoms with van der Waals surface area (Å²) in [6.07, 6.45) is 0.0653. The van der Waals surface area contributed by atoms with Crippen LogP contribution in [0.3, 0.4) is 0 Å². The van der Waals surface area contributed by atoms with Gasteiger partial charge in [-0.15, -0.1) is 0 Å². The second kappa shape index (κ2) is 8.06. The Balaban J connectivity index is 2.80. The summed E-state index contributed by atoms with van der Waals surface area (Å²) in [4.78, 5) is 38.4. The van der Waals surface area contributed by atoms with Crippen LogP contribution in [0.25, 0.3) is 0 Å². The number of hydrogen-bond acceptors (Lipinski definition) is 4. The highest BCUT2D eigenvalue weighted by Gasteiger charge is 2.35. The van der Waals surface area contributed by atoms with Crippen LogP contribution in [0, 0.1) is 11.3 Å². The summed E-state index contributed by atoms with van der Waals surface area (Å²) in [6.45, 7) is 14.4. The van der Waals surface area contributed by atoms with Crippen molar-refractivity contribution in [2.24, 2.45) is 11.3 Å². The molecule has 3 amide bonds. The highest BCUT2D eigenvalue weighted by molar-refractivity contribution is 5.89. The average molecular weight is 355 g/mol. The third-order valence-corrected chi connectivity index (χ3v) is 3.88. The van der Waals surface area contributed by atoms with Crippen molar-refractivity contribution in [3.63, 3.8) is 0 Å². The number of nitrogens with zero attached hydrogens (tertiary/aromatic N) is 1. The lowest BCUT2D eigenvalue weighted by molar-refractivity contribution is -0.146. The number of hydrogen-bond donors (Lipinski definition) is 2. The zero-order valence-corrected chi connectivity index (χ0v) is 16.6. The molecule has 1 saturated heterocycles. The average Bonchev–Trinajstić information content (AvgIpc) is 2.42. The van der Waals surface area contributed by atoms with E-state index in [9.17, 15) is 14.4 Å². The summed E-state index contributed by atoms with van der Waals surface area (Å²) in [6, 6.07) is -0.495. The molecule has 0 aromatic heterocycles. The van der Waals surface area contributed by atoms with Gasteiger partial charge in [-0.05, 0) is 39.5 Å². The SMILES string of the molecule is CC1C(=O)NCCN1C(=O)C(CNC(=O)OC(C)(C)C)CC(C)(C)C. The van der Waals surface area contributed by atoms with Gasteiger partial charge in [-0.1, -0.05) is 20.8 Å². The standard InChI is InChI=1S/C18H33N3O4/c1-12-14(22)19-8-9-21(12)15(23)13(10-17(2,3)4)11-20-16(24)25-18(5,6)7/h12-13H,8-11H2,1-7H3,(H,19,22)(H,20,24). The predicted octanol–water partition coefficient (Wildman–Crippen LogP) is 1.91. The molecule has 25 heavy (non-hydrogen) atoms. The molecule has 0 saturated carbocycles. The van der Waals surface area contributed by atoms with E-state index in [4.69, 9.17) is 4.74 Å². The highest BCUT2D eigenvalue weighted by Crippen LogP contribution is 2.26. The Labute approximate surface area is 150 Å². The Morgan fingerprint density at radius 1 is 1.28 bits per heavy atom. The molecule has 0 aliphatic carbocycles. The molecule has 1 fully saturated rings. The molecule has 1 aliphatic rings. The third-order valence-electron chi connectivity index (χ3n) is 3.88. The second-order valence-corrected chi connectivity index (χ2v) is 8.84. The molecule has 0 aromatic rings. The summed E-state index contributed by atoms with van der Waals surface area (Å²) in [5, 5.41) is 5.46. The van der Waals surface area contributed by atoms with Crippen LogP contribution in [0.2, 0.25) is 0 Å². The van der Waals surface area contributed by atoms with E-state index in [1.54, 1.807) is 32.6 Å². The summed E-state index contributed by atoms with van der Waals surface area (Å²) >= 11 is 0. The number of alkyl carbamates (subject to hydrolysis) is 1. The second-order valence-electron chi connectivity index (χ2n) is 8.84. The van der Waals surface area contributed by atoms with E-state index >= 15 is 0 Å². The zero-order valence-electron chi connectivity index (χ0n) is 16.6. The van der Waals surface area contributed by atoms with Crippen LogP contribution in [-0.4, -0.2) is 54.1 Å². The van der Waals surface area contributed by atoms with Gasteiger partial charge in [0.25, 0.3) is 0 Å². The van der Waals surface area contributed by atoms with Gasteiger partial charge in [0.1, 0.15) is 11.6 Å². The molecule has 0 spiro atoms. The monoisotopic (exact) mass is 355 g/mol. The Bertz CT molecular complexity index is 505. The smallest absolute Gasteiger partial charge is 0.407 e. The number of amides is 3. The predicted molar refractivity (Wildman–Crippen MR) is 96.0 cm³/mol. The van der Waals surface area contributed by atoms with Crippen LogP contribution in [-0.2, 0) is 14.3 Å². The van der Waals surface area contributed by atoms with Gasteiger partial charge in [0.2, 0.25) is 11.8 Å². The molecule has 0 aromatic carbocycles. The van der Waals surface area contributed by atoms with Crippen LogP contribution >= 0.6 is 0 Å². The van der Waals surface area contributed by atoms with Gasteiger partial charge in [0, 0.05) is 19.6 Å². The largest absolute Gasteiger partial charge is 0.444 e. The van der Waals surface area contributed by atoms with E-state index in [-0.39, 0.29) is 23.8 Å². The van der Waals surface area contributed by atoms with Crippen LogP contribution in [0.1, 0.15) is 54.9 Å². The molecule has 7 heteroatoms. The molecule has 1 aliphatic heterocycles. The van der Waals surface area contributed by atoms with Gasteiger partial charge >= 0.3 is 6.09 Å². The lowest BCUT2D eigenvalue weighted by Gasteiger charge is -2.36. The molecule has 7 nitrogen and oxygen atoms in total. The Kier molecular flexibility index (Phi) is 6.85.